The molecule has 2 amide bonds. The van der Waals surface area contributed by atoms with E-state index >= 15 is 0 Å². The number of imidazole rings is 1. The van der Waals surface area contributed by atoms with Crippen LogP contribution in [0, 0.1) is 5.92 Å². The summed E-state index contributed by atoms with van der Waals surface area (Å²) < 4.78 is 1.65. The molecular weight excluding hydrogens is 410 g/mol. The highest BCUT2D eigenvalue weighted by molar-refractivity contribution is 7.20. The van der Waals surface area contributed by atoms with Crippen LogP contribution in [-0.2, 0) is 16.0 Å². The molecule has 0 aliphatic carbocycles. The number of carbonyl (C=O) groups excluding carboxylic acids is 2. The molecule has 0 aliphatic rings. The van der Waals surface area contributed by atoms with Gasteiger partial charge >= 0.3 is 0 Å². The molecule has 0 radical (unpaired) electrons. The first-order valence-corrected chi connectivity index (χ1v) is 10.9. The van der Waals surface area contributed by atoms with Crippen LogP contribution < -0.4 is 10.6 Å². The molecule has 8 heteroatoms. The minimum absolute atomic E-state index is 0.0755. The quantitative estimate of drug-likeness (QED) is 0.464. The smallest absolute Gasteiger partial charge is 0.249 e. The van der Waals surface area contributed by atoms with Gasteiger partial charge in [-0.3, -0.25) is 14.9 Å². The first-order chi connectivity index (χ1) is 15.0. The number of benzene rings is 2. The number of fused-ring (bicyclic) bond motifs is 1. The van der Waals surface area contributed by atoms with Crippen molar-refractivity contribution in [3.63, 3.8) is 0 Å². The Morgan fingerprint density at radius 3 is 2.35 bits per heavy atom. The first kappa shape index (κ1) is 20.7. The molecule has 2 N–H and O–H groups in total. The Labute approximate surface area is 184 Å². The second kappa shape index (κ2) is 9.09. The number of hydrogen-bond acceptors (Lipinski definition) is 5. The highest BCUT2D eigenvalue weighted by Crippen LogP contribution is 2.24. The Morgan fingerprint density at radius 1 is 1.03 bits per heavy atom. The van der Waals surface area contributed by atoms with Crippen molar-refractivity contribution in [2.45, 2.75) is 26.3 Å². The molecule has 0 fully saturated rings. The molecular formula is C23H23N5O2S. The van der Waals surface area contributed by atoms with Gasteiger partial charge in [0.05, 0.1) is 18.3 Å². The number of carbonyl (C=O) groups is 2. The number of nitrogens with one attached hydrogen (secondary N) is 2. The van der Waals surface area contributed by atoms with Crippen molar-refractivity contribution < 1.29 is 9.59 Å². The molecule has 0 bridgehead atoms. The van der Waals surface area contributed by atoms with Gasteiger partial charge in [0.2, 0.25) is 21.9 Å². The van der Waals surface area contributed by atoms with Gasteiger partial charge in [0.15, 0.2) is 0 Å². The number of nitrogens with zero attached hydrogens (tertiary/aromatic N) is 3. The van der Waals surface area contributed by atoms with Crippen LogP contribution in [0.2, 0.25) is 0 Å². The van der Waals surface area contributed by atoms with E-state index in [0.29, 0.717) is 10.1 Å². The third-order valence-electron chi connectivity index (χ3n) is 4.82. The zero-order chi connectivity index (χ0) is 21.8. The molecule has 0 unspecified atom stereocenters. The molecule has 7 nitrogen and oxygen atoms in total. The predicted molar refractivity (Wildman–Crippen MR) is 122 cm³/mol. The summed E-state index contributed by atoms with van der Waals surface area (Å²) in [6, 6.07) is 18.6. The Hall–Kier alpha value is -3.52. The van der Waals surface area contributed by atoms with Crippen LogP contribution in [0.15, 0.2) is 66.9 Å². The molecule has 0 spiro atoms. The Kier molecular flexibility index (Phi) is 6.08. The van der Waals surface area contributed by atoms with Crippen molar-refractivity contribution >= 4 is 33.2 Å². The lowest BCUT2D eigenvalue weighted by Gasteiger charge is -2.21. The second-order valence-corrected chi connectivity index (χ2v) is 8.52. The van der Waals surface area contributed by atoms with Gasteiger partial charge in [0.25, 0.3) is 0 Å². The van der Waals surface area contributed by atoms with Gasteiger partial charge in [-0.2, -0.15) is 0 Å². The van der Waals surface area contributed by atoms with Crippen LogP contribution in [0.5, 0.6) is 0 Å². The van der Waals surface area contributed by atoms with Crippen LogP contribution in [0.3, 0.4) is 0 Å². The summed E-state index contributed by atoms with van der Waals surface area (Å²) in [5.74, 6) is -0.563. The van der Waals surface area contributed by atoms with Crippen molar-refractivity contribution in [1.82, 2.24) is 19.9 Å². The number of anilines is 1. The van der Waals surface area contributed by atoms with E-state index in [9.17, 15) is 9.59 Å². The molecule has 0 aliphatic heterocycles. The third kappa shape index (κ3) is 4.97. The van der Waals surface area contributed by atoms with Crippen LogP contribution in [0.4, 0.5) is 5.13 Å². The Bertz CT molecular complexity index is 1150. The summed E-state index contributed by atoms with van der Waals surface area (Å²) in [6.07, 6.45) is 2.06. The lowest BCUT2D eigenvalue weighted by Crippen LogP contribution is -2.47. The zero-order valence-corrected chi connectivity index (χ0v) is 18.1. The van der Waals surface area contributed by atoms with Gasteiger partial charge < -0.3 is 5.32 Å². The maximum Gasteiger partial charge on any atom is 0.249 e. The molecule has 2 heterocycles. The number of aromatic nitrogens is 3. The van der Waals surface area contributed by atoms with Gasteiger partial charge in [-0.25, -0.2) is 9.50 Å². The van der Waals surface area contributed by atoms with Crippen molar-refractivity contribution in [3.8, 4) is 11.3 Å². The predicted octanol–water partition coefficient (Wildman–Crippen LogP) is 3.78. The van der Waals surface area contributed by atoms with Crippen molar-refractivity contribution in [1.29, 1.82) is 0 Å². The van der Waals surface area contributed by atoms with E-state index < -0.39 is 6.04 Å². The minimum Gasteiger partial charge on any atom is -0.344 e. The van der Waals surface area contributed by atoms with Crippen LogP contribution >= 0.6 is 11.3 Å². The Morgan fingerprint density at radius 2 is 1.71 bits per heavy atom. The number of rotatable bonds is 7. The number of amides is 2. The van der Waals surface area contributed by atoms with E-state index in [0.717, 1.165) is 16.8 Å². The van der Waals surface area contributed by atoms with Crippen LogP contribution in [0.1, 0.15) is 19.4 Å². The van der Waals surface area contributed by atoms with E-state index in [1.807, 2.05) is 80.7 Å². The fourth-order valence-electron chi connectivity index (χ4n) is 3.22. The fraction of sp³-hybridized carbons (Fsp3) is 0.217. The summed E-state index contributed by atoms with van der Waals surface area (Å²) in [4.78, 5) is 30.5. The van der Waals surface area contributed by atoms with Gasteiger partial charge in [-0.1, -0.05) is 85.8 Å². The molecule has 4 rings (SSSR count). The molecule has 0 saturated heterocycles. The first-order valence-electron chi connectivity index (χ1n) is 10.1. The highest BCUT2D eigenvalue weighted by atomic mass is 32.1. The molecule has 4 aromatic rings. The van der Waals surface area contributed by atoms with Crippen molar-refractivity contribution in [2.24, 2.45) is 5.92 Å². The van der Waals surface area contributed by atoms with E-state index in [1.165, 1.54) is 11.3 Å². The average Bonchev–Trinajstić information content (AvgIpc) is 3.32. The van der Waals surface area contributed by atoms with E-state index in [2.05, 4.69) is 20.7 Å². The monoisotopic (exact) mass is 433 g/mol. The third-order valence-corrected chi connectivity index (χ3v) is 5.65. The highest BCUT2D eigenvalue weighted by Gasteiger charge is 2.25. The lowest BCUT2D eigenvalue weighted by molar-refractivity contribution is -0.127. The van der Waals surface area contributed by atoms with Crippen molar-refractivity contribution in [2.75, 3.05) is 5.32 Å². The van der Waals surface area contributed by atoms with Gasteiger partial charge in [-0.15, -0.1) is 5.10 Å². The zero-order valence-electron chi connectivity index (χ0n) is 17.3. The van der Waals surface area contributed by atoms with E-state index in [4.69, 9.17) is 0 Å². The Balaban J connectivity index is 1.43. The molecule has 0 saturated carbocycles. The molecule has 1 atom stereocenters. The topological polar surface area (TPSA) is 88.4 Å². The normalized spacial score (nSPS) is 12.1. The van der Waals surface area contributed by atoms with Gasteiger partial charge in [0.1, 0.15) is 6.04 Å². The van der Waals surface area contributed by atoms with Gasteiger partial charge in [0, 0.05) is 5.56 Å². The summed E-state index contributed by atoms with van der Waals surface area (Å²) >= 11 is 1.29. The van der Waals surface area contributed by atoms with Crippen LogP contribution in [-0.4, -0.2) is 32.5 Å². The minimum atomic E-state index is -0.660. The number of hydrogen-bond donors (Lipinski definition) is 2. The molecule has 2 aromatic heterocycles. The van der Waals surface area contributed by atoms with Crippen molar-refractivity contribution in [3.05, 3.63) is 72.4 Å². The summed E-state index contributed by atoms with van der Waals surface area (Å²) in [5.41, 5.74) is 2.73. The molecule has 158 valence electrons. The fourth-order valence-corrected chi connectivity index (χ4v) is 4.01. The standard InChI is InChI=1S/C23H23N5O2S/c1-15(2)20(25-19(29)13-16-9-5-3-6-10-16)21(30)26-22-27-28-14-18(24-23(28)31-22)17-11-7-4-8-12-17/h3-12,14-15,20H,13H2,1-2H3,(H,25,29)(H,26,27,30)/t20-/m0/s1. The average molecular weight is 434 g/mol. The summed E-state index contributed by atoms with van der Waals surface area (Å²) in [6.45, 7) is 3.79. The summed E-state index contributed by atoms with van der Waals surface area (Å²) in [7, 11) is 0. The van der Waals surface area contributed by atoms with Gasteiger partial charge in [-0.05, 0) is 11.5 Å². The van der Waals surface area contributed by atoms with Crippen LogP contribution in [0.25, 0.3) is 16.2 Å². The lowest BCUT2D eigenvalue weighted by atomic mass is 10.0. The maximum atomic E-state index is 12.8. The molecule has 31 heavy (non-hydrogen) atoms. The second-order valence-electron chi connectivity index (χ2n) is 7.57. The summed E-state index contributed by atoms with van der Waals surface area (Å²) in [5, 5.41) is 10.5. The SMILES string of the molecule is CC(C)[C@H](NC(=O)Cc1ccccc1)C(=O)Nc1nn2cc(-c3ccccc3)nc2s1. The maximum absolute atomic E-state index is 12.8. The molecule has 2 aromatic carbocycles. The largest absolute Gasteiger partial charge is 0.344 e. The van der Waals surface area contributed by atoms with E-state index in [-0.39, 0.29) is 24.2 Å². The van der Waals surface area contributed by atoms with E-state index in [1.54, 1.807) is 4.52 Å².